The monoisotopic (exact) mass is 459 g/mol. The molecule has 3 rings (SSSR count). The van der Waals surface area contributed by atoms with Gasteiger partial charge in [-0.15, -0.1) is 0 Å². The number of allylic oxidation sites excluding steroid dienone is 3. The fourth-order valence-electron chi connectivity index (χ4n) is 4.17. The molecule has 1 aromatic heterocycles. The Hall–Kier alpha value is -3.29. The number of nitrogens with one attached hydrogen (secondary N) is 2. The van der Waals surface area contributed by atoms with Gasteiger partial charge in [0.25, 0.3) is 0 Å². The van der Waals surface area contributed by atoms with Crippen molar-refractivity contribution in [3.8, 4) is 0 Å². The zero-order valence-electron chi connectivity index (χ0n) is 18.4. The molecule has 0 fully saturated rings. The van der Waals surface area contributed by atoms with E-state index in [1.54, 1.807) is 18.2 Å². The fraction of sp³-hybridized carbons (Fsp3) is 0.320. The Morgan fingerprint density at radius 1 is 1.21 bits per heavy atom. The van der Waals surface area contributed by atoms with Crippen LogP contribution in [0.5, 0.6) is 0 Å². The van der Waals surface area contributed by atoms with Crippen LogP contribution in [0, 0.1) is 16.6 Å². The zero-order chi connectivity index (χ0) is 24.2. The van der Waals surface area contributed by atoms with E-state index in [4.69, 9.17) is 5.41 Å². The molecule has 1 aromatic carbocycles. The van der Waals surface area contributed by atoms with E-state index in [9.17, 15) is 22.4 Å². The smallest absolute Gasteiger partial charge is 0.355 e. The van der Waals surface area contributed by atoms with Gasteiger partial charge in [0.2, 0.25) is 0 Å². The number of carbonyl (C=O) groups excluding carboxylic acids is 1. The summed E-state index contributed by atoms with van der Waals surface area (Å²) in [5.74, 6) is -0.868. The first-order valence-corrected chi connectivity index (χ1v) is 10.7. The molecule has 1 aliphatic carbocycles. The topological polar surface area (TPSA) is 65.8 Å². The number of halogens is 4. The second kappa shape index (κ2) is 9.68. The Bertz CT molecular complexity index is 1100. The molecule has 0 saturated heterocycles. The van der Waals surface area contributed by atoms with Crippen LogP contribution in [0.2, 0.25) is 0 Å². The van der Waals surface area contributed by atoms with Crippen molar-refractivity contribution in [1.82, 2.24) is 4.98 Å². The predicted molar refractivity (Wildman–Crippen MR) is 120 cm³/mol. The molecule has 2 N–H and O–H groups in total. The standard InChI is InChI=1S/C25H25F4N3O/c1-3-5-17-12-21(32-20-8-6-19(26)7-9-20)16(15-30)14-24(17,4-2)23(33)22-13-18(10-11-31-22)25(27,28)29/h6-13,15,30,32H,3-5,14H2,1-2H3/t24-/m1/s1. The summed E-state index contributed by atoms with van der Waals surface area (Å²) in [6.45, 7) is 3.77. The summed E-state index contributed by atoms with van der Waals surface area (Å²) in [5.41, 5.74) is 0.252. The highest BCUT2D eigenvalue weighted by Crippen LogP contribution is 2.47. The minimum absolute atomic E-state index is 0.152. The van der Waals surface area contributed by atoms with Crippen molar-refractivity contribution in [2.45, 2.75) is 45.7 Å². The molecule has 0 spiro atoms. The van der Waals surface area contributed by atoms with Crippen LogP contribution in [-0.4, -0.2) is 17.0 Å². The van der Waals surface area contributed by atoms with Crippen molar-refractivity contribution >= 4 is 17.7 Å². The molecule has 2 aromatic rings. The van der Waals surface area contributed by atoms with Crippen LogP contribution in [0.3, 0.4) is 0 Å². The molecule has 0 amide bonds. The minimum atomic E-state index is -4.59. The lowest BCUT2D eigenvalue weighted by molar-refractivity contribution is -0.137. The number of Topliss-reactive ketones (excluding diaryl/α,β-unsaturated/α-hetero) is 1. The van der Waals surface area contributed by atoms with E-state index < -0.39 is 22.9 Å². The minimum Gasteiger partial charge on any atom is -0.355 e. The summed E-state index contributed by atoms with van der Waals surface area (Å²) in [7, 11) is 0. The maximum absolute atomic E-state index is 13.7. The number of hydrogen-bond acceptors (Lipinski definition) is 4. The van der Waals surface area contributed by atoms with E-state index in [0.717, 1.165) is 36.5 Å². The molecule has 174 valence electrons. The summed E-state index contributed by atoms with van der Waals surface area (Å²) < 4.78 is 53.0. The summed E-state index contributed by atoms with van der Waals surface area (Å²) >= 11 is 0. The summed E-state index contributed by atoms with van der Waals surface area (Å²) in [4.78, 5) is 17.6. The van der Waals surface area contributed by atoms with Crippen molar-refractivity contribution < 1.29 is 22.4 Å². The molecule has 0 saturated carbocycles. The van der Waals surface area contributed by atoms with Crippen molar-refractivity contribution in [1.29, 1.82) is 5.41 Å². The van der Waals surface area contributed by atoms with Crippen molar-refractivity contribution in [3.63, 3.8) is 0 Å². The number of hydrogen-bond donors (Lipinski definition) is 2. The second-order valence-electron chi connectivity index (χ2n) is 8.00. The molecular weight excluding hydrogens is 434 g/mol. The number of carbonyl (C=O) groups is 1. The second-order valence-corrected chi connectivity index (χ2v) is 8.00. The maximum Gasteiger partial charge on any atom is 0.416 e. The van der Waals surface area contributed by atoms with E-state index >= 15 is 0 Å². The van der Waals surface area contributed by atoms with Crippen LogP contribution < -0.4 is 5.32 Å². The van der Waals surface area contributed by atoms with Gasteiger partial charge in [0.1, 0.15) is 11.5 Å². The van der Waals surface area contributed by atoms with Gasteiger partial charge in [0.15, 0.2) is 5.78 Å². The number of ketones is 1. The fourth-order valence-corrected chi connectivity index (χ4v) is 4.17. The third-order valence-corrected chi connectivity index (χ3v) is 5.95. The lowest BCUT2D eigenvalue weighted by atomic mass is 9.65. The quantitative estimate of drug-likeness (QED) is 0.255. The van der Waals surface area contributed by atoms with Crippen LogP contribution in [0.15, 0.2) is 65.5 Å². The molecule has 1 heterocycles. The van der Waals surface area contributed by atoms with E-state index in [1.165, 1.54) is 12.1 Å². The van der Waals surface area contributed by atoms with Crippen LogP contribution in [0.4, 0.5) is 23.2 Å². The van der Waals surface area contributed by atoms with Crippen LogP contribution >= 0.6 is 0 Å². The largest absolute Gasteiger partial charge is 0.416 e. The summed E-state index contributed by atoms with van der Waals surface area (Å²) in [6.07, 6.45) is 1.13. The molecule has 4 nitrogen and oxygen atoms in total. The molecule has 0 radical (unpaired) electrons. The first kappa shape index (κ1) is 24.4. The average molecular weight is 459 g/mol. The van der Waals surface area contributed by atoms with Gasteiger partial charge < -0.3 is 10.7 Å². The molecule has 0 aliphatic heterocycles. The number of pyridine rings is 1. The SMILES string of the molecule is CCCC1=CC(Nc2ccc(F)cc2)=C(C=N)C[C@@]1(CC)C(=O)c1cc(C(F)(F)F)ccn1. The number of benzene rings is 1. The molecule has 0 unspecified atom stereocenters. The average Bonchev–Trinajstić information content (AvgIpc) is 2.80. The summed E-state index contributed by atoms with van der Waals surface area (Å²) in [6, 6.07) is 7.39. The molecule has 8 heteroatoms. The molecule has 33 heavy (non-hydrogen) atoms. The number of rotatable bonds is 8. The van der Waals surface area contributed by atoms with Gasteiger partial charge in [-0.2, -0.15) is 13.2 Å². The van der Waals surface area contributed by atoms with E-state index in [2.05, 4.69) is 10.3 Å². The Kier molecular flexibility index (Phi) is 7.15. The Morgan fingerprint density at radius 3 is 2.48 bits per heavy atom. The molecule has 0 bridgehead atoms. The van der Waals surface area contributed by atoms with Gasteiger partial charge in [0.05, 0.1) is 11.0 Å². The van der Waals surface area contributed by atoms with E-state index in [0.29, 0.717) is 29.8 Å². The Labute approximate surface area is 189 Å². The van der Waals surface area contributed by atoms with Crippen molar-refractivity contribution in [2.24, 2.45) is 5.41 Å². The number of alkyl halides is 3. The third-order valence-electron chi connectivity index (χ3n) is 5.95. The van der Waals surface area contributed by atoms with E-state index in [-0.39, 0.29) is 17.9 Å². The first-order valence-electron chi connectivity index (χ1n) is 10.7. The Balaban J connectivity index is 2.05. The number of anilines is 1. The molecular formula is C25H25F4N3O. The maximum atomic E-state index is 13.7. The van der Waals surface area contributed by atoms with Crippen LogP contribution in [0.1, 0.15) is 55.6 Å². The normalized spacial score (nSPS) is 18.7. The lowest BCUT2D eigenvalue weighted by Gasteiger charge is -2.38. The number of aromatic nitrogens is 1. The predicted octanol–water partition coefficient (Wildman–Crippen LogP) is 6.96. The molecule has 1 aliphatic rings. The highest BCUT2D eigenvalue weighted by Gasteiger charge is 2.44. The van der Waals surface area contributed by atoms with Gasteiger partial charge >= 0.3 is 6.18 Å². The lowest BCUT2D eigenvalue weighted by Crippen LogP contribution is -2.37. The Morgan fingerprint density at radius 2 is 1.91 bits per heavy atom. The van der Waals surface area contributed by atoms with Gasteiger partial charge in [-0.1, -0.05) is 25.8 Å². The summed E-state index contributed by atoms with van der Waals surface area (Å²) in [5, 5.41) is 11.1. The van der Waals surface area contributed by atoms with Gasteiger partial charge in [-0.05, 0) is 67.3 Å². The van der Waals surface area contributed by atoms with Crippen LogP contribution in [0.25, 0.3) is 0 Å². The highest BCUT2D eigenvalue weighted by molar-refractivity contribution is 6.02. The van der Waals surface area contributed by atoms with Crippen molar-refractivity contribution in [3.05, 3.63) is 82.6 Å². The first-order chi connectivity index (χ1) is 15.6. The number of nitrogens with zero attached hydrogens (tertiary/aromatic N) is 1. The highest BCUT2D eigenvalue weighted by atomic mass is 19.4. The van der Waals surface area contributed by atoms with Crippen LogP contribution in [-0.2, 0) is 6.18 Å². The van der Waals surface area contributed by atoms with Gasteiger partial charge in [-0.25, -0.2) is 4.39 Å². The van der Waals surface area contributed by atoms with Gasteiger partial charge in [-0.3, -0.25) is 9.78 Å². The molecule has 1 atom stereocenters. The van der Waals surface area contributed by atoms with Gasteiger partial charge in [0, 0.05) is 23.8 Å². The van der Waals surface area contributed by atoms with Crippen molar-refractivity contribution in [2.75, 3.05) is 5.32 Å². The third kappa shape index (κ3) is 5.05. The van der Waals surface area contributed by atoms with E-state index in [1.807, 2.05) is 13.8 Å². The zero-order valence-corrected chi connectivity index (χ0v) is 18.4.